The molecule has 0 aromatic carbocycles. The first kappa shape index (κ1) is 12.7. The molecule has 1 atom stereocenters. The molecule has 7 nitrogen and oxygen atoms in total. The third kappa shape index (κ3) is 4.41. The highest BCUT2D eigenvalue weighted by Gasteiger charge is 2.00. The Hall–Kier alpha value is -1.41. The van der Waals surface area contributed by atoms with Crippen molar-refractivity contribution in [2.45, 2.75) is 6.42 Å². The maximum atomic E-state index is 10.8. The molecule has 0 aliphatic rings. The summed E-state index contributed by atoms with van der Waals surface area (Å²) < 4.78 is 10.8. The van der Waals surface area contributed by atoms with E-state index in [1.165, 1.54) is 0 Å². The van der Waals surface area contributed by atoms with Crippen LogP contribution in [-0.2, 0) is 10.8 Å². The van der Waals surface area contributed by atoms with E-state index in [-0.39, 0.29) is 5.95 Å². The minimum atomic E-state index is -0.764. The summed E-state index contributed by atoms with van der Waals surface area (Å²) in [5, 5.41) is 3.05. The van der Waals surface area contributed by atoms with Crippen LogP contribution in [0.15, 0.2) is 6.07 Å². The molecule has 0 saturated carbocycles. The lowest BCUT2D eigenvalue weighted by atomic mass is 10.4. The molecule has 0 amide bonds. The molecule has 6 N–H and O–H groups in total. The predicted octanol–water partition coefficient (Wildman–Crippen LogP) is -0.475. The zero-order chi connectivity index (χ0) is 12.0. The average Bonchev–Trinajstić information content (AvgIpc) is 2.23. The van der Waals surface area contributed by atoms with Gasteiger partial charge in [-0.05, 0) is 6.42 Å². The van der Waals surface area contributed by atoms with Gasteiger partial charge in [0, 0.05) is 35.4 Å². The van der Waals surface area contributed by atoms with Crippen LogP contribution >= 0.6 is 0 Å². The quantitative estimate of drug-likeness (QED) is 0.303. The number of aromatic nitrogens is 2. The Balaban J connectivity index is 2.47. The zero-order valence-electron chi connectivity index (χ0n) is 9.06. The Bertz CT molecular complexity index is 372. The van der Waals surface area contributed by atoms with Gasteiger partial charge in [0.05, 0.1) is 0 Å². The minimum Gasteiger partial charge on any atom is -0.370 e. The monoisotopic (exact) mass is 244 g/mol. The van der Waals surface area contributed by atoms with E-state index < -0.39 is 10.8 Å². The molecule has 16 heavy (non-hydrogen) atoms. The summed E-state index contributed by atoms with van der Waals surface area (Å²) in [5.41, 5.74) is 7.88. The number of nitrogen functional groups attached to an aromatic ring is 2. The fraction of sp³-hybridized carbons (Fsp3) is 0.500. The smallest absolute Gasteiger partial charge is 0.223 e. The van der Waals surface area contributed by atoms with Crippen molar-refractivity contribution in [3.05, 3.63) is 6.07 Å². The van der Waals surface area contributed by atoms with Crippen LogP contribution in [0.4, 0.5) is 17.6 Å². The number of nitrogens with two attached hydrogens (primary N) is 2. The number of hydrazine groups is 1. The highest BCUT2D eigenvalue weighted by molar-refractivity contribution is 7.84. The molecular weight excluding hydrogens is 228 g/mol. The summed E-state index contributed by atoms with van der Waals surface area (Å²) in [7, 11) is -0.764. The van der Waals surface area contributed by atoms with E-state index in [0.717, 1.165) is 6.42 Å². The average molecular weight is 244 g/mol. The second-order valence-electron chi connectivity index (χ2n) is 3.20. The zero-order valence-corrected chi connectivity index (χ0v) is 9.88. The van der Waals surface area contributed by atoms with Crippen LogP contribution in [0.1, 0.15) is 6.42 Å². The summed E-state index contributed by atoms with van der Waals surface area (Å²) in [6.45, 7) is 0.681. The molecule has 1 aromatic rings. The van der Waals surface area contributed by atoms with Crippen molar-refractivity contribution in [2.75, 3.05) is 35.0 Å². The van der Waals surface area contributed by atoms with E-state index in [0.29, 0.717) is 23.9 Å². The van der Waals surface area contributed by atoms with Crippen molar-refractivity contribution < 1.29 is 4.21 Å². The number of hydrogen-bond acceptors (Lipinski definition) is 7. The second-order valence-corrected chi connectivity index (χ2v) is 4.75. The second kappa shape index (κ2) is 6.23. The van der Waals surface area contributed by atoms with Crippen LogP contribution < -0.4 is 22.3 Å². The molecule has 0 spiro atoms. The van der Waals surface area contributed by atoms with Crippen LogP contribution in [0, 0.1) is 0 Å². The van der Waals surface area contributed by atoms with Crippen LogP contribution in [-0.4, -0.2) is 32.7 Å². The fourth-order valence-electron chi connectivity index (χ4n) is 1.12. The van der Waals surface area contributed by atoms with E-state index in [4.69, 9.17) is 11.6 Å². The van der Waals surface area contributed by atoms with Crippen molar-refractivity contribution in [3.63, 3.8) is 0 Å². The van der Waals surface area contributed by atoms with Gasteiger partial charge in [0.15, 0.2) is 0 Å². The summed E-state index contributed by atoms with van der Waals surface area (Å²) in [4.78, 5) is 7.83. The van der Waals surface area contributed by atoms with Crippen LogP contribution in [0.2, 0.25) is 0 Å². The molecule has 1 heterocycles. The molecular formula is C8H16N6OS. The van der Waals surface area contributed by atoms with Crippen molar-refractivity contribution >= 4 is 28.4 Å². The van der Waals surface area contributed by atoms with Crippen LogP contribution in [0.25, 0.3) is 0 Å². The maximum absolute atomic E-state index is 10.8. The summed E-state index contributed by atoms with van der Waals surface area (Å²) in [6.07, 6.45) is 2.48. The highest BCUT2D eigenvalue weighted by atomic mass is 32.2. The Kier molecular flexibility index (Phi) is 4.93. The van der Waals surface area contributed by atoms with Gasteiger partial charge in [-0.15, -0.1) is 0 Å². The number of rotatable bonds is 6. The van der Waals surface area contributed by atoms with Crippen LogP contribution in [0.3, 0.4) is 0 Å². The molecule has 1 rings (SSSR count). The van der Waals surface area contributed by atoms with Gasteiger partial charge in [0.25, 0.3) is 0 Å². The molecule has 0 fully saturated rings. The fourth-order valence-corrected chi connectivity index (χ4v) is 1.67. The Morgan fingerprint density at radius 2 is 2.12 bits per heavy atom. The standard InChI is InChI=1S/C8H16N6OS/c1-16(15)4-2-3-11-6-5-7(14-10)13-8(9)12-6/h5H,2-4,10H2,1H3,(H4,9,11,12,13,14). The summed E-state index contributed by atoms with van der Waals surface area (Å²) in [6, 6.07) is 1.65. The molecule has 0 bridgehead atoms. The van der Waals surface area contributed by atoms with E-state index in [1.807, 2.05) is 0 Å². The van der Waals surface area contributed by atoms with Gasteiger partial charge in [-0.25, -0.2) is 5.84 Å². The first-order valence-corrected chi connectivity index (χ1v) is 6.49. The van der Waals surface area contributed by atoms with Gasteiger partial charge in [-0.3, -0.25) is 4.21 Å². The molecule has 0 aliphatic carbocycles. The third-order valence-corrected chi connectivity index (χ3v) is 2.67. The predicted molar refractivity (Wildman–Crippen MR) is 66.3 cm³/mol. The lowest BCUT2D eigenvalue weighted by Crippen LogP contribution is -2.13. The minimum absolute atomic E-state index is 0.150. The van der Waals surface area contributed by atoms with Crippen molar-refractivity contribution in [3.8, 4) is 0 Å². The van der Waals surface area contributed by atoms with Crippen molar-refractivity contribution in [1.29, 1.82) is 0 Å². The number of nitrogens with zero attached hydrogens (tertiary/aromatic N) is 2. The topological polar surface area (TPSA) is 119 Å². The molecule has 1 unspecified atom stereocenters. The first-order chi connectivity index (χ1) is 7.61. The number of anilines is 3. The Labute approximate surface area is 96.5 Å². The van der Waals surface area contributed by atoms with Gasteiger partial charge in [0.1, 0.15) is 11.6 Å². The van der Waals surface area contributed by atoms with Gasteiger partial charge in [-0.2, -0.15) is 9.97 Å². The lowest BCUT2D eigenvalue weighted by Gasteiger charge is -2.07. The largest absolute Gasteiger partial charge is 0.370 e. The van der Waals surface area contributed by atoms with Gasteiger partial charge in [0.2, 0.25) is 5.95 Å². The Morgan fingerprint density at radius 3 is 2.75 bits per heavy atom. The maximum Gasteiger partial charge on any atom is 0.223 e. The van der Waals surface area contributed by atoms with Crippen molar-refractivity contribution in [1.82, 2.24) is 9.97 Å². The molecule has 0 aliphatic heterocycles. The molecule has 1 aromatic heterocycles. The van der Waals surface area contributed by atoms with E-state index in [9.17, 15) is 4.21 Å². The van der Waals surface area contributed by atoms with E-state index in [1.54, 1.807) is 12.3 Å². The highest BCUT2D eigenvalue weighted by Crippen LogP contribution is 2.10. The van der Waals surface area contributed by atoms with Crippen LogP contribution in [0.5, 0.6) is 0 Å². The normalized spacial score (nSPS) is 12.1. The Morgan fingerprint density at radius 1 is 1.44 bits per heavy atom. The van der Waals surface area contributed by atoms with Gasteiger partial charge >= 0.3 is 0 Å². The number of hydrogen-bond donors (Lipinski definition) is 4. The van der Waals surface area contributed by atoms with Gasteiger partial charge in [-0.1, -0.05) is 0 Å². The number of nitrogens with one attached hydrogen (secondary N) is 2. The molecule has 8 heteroatoms. The summed E-state index contributed by atoms with van der Waals surface area (Å²) in [5.74, 6) is 7.08. The van der Waals surface area contributed by atoms with Crippen molar-refractivity contribution in [2.24, 2.45) is 5.84 Å². The van der Waals surface area contributed by atoms with Gasteiger partial charge < -0.3 is 16.5 Å². The SMILES string of the molecule is CS(=O)CCCNc1cc(NN)nc(N)n1. The first-order valence-electron chi connectivity index (χ1n) is 4.77. The lowest BCUT2D eigenvalue weighted by molar-refractivity contribution is 0.685. The molecule has 90 valence electrons. The molecule has 0 saturated heterocycles. The van der Waals surface area contributed by atoms with E-state index >= 15 is 0 Å². The summed E-state index contributed by atoms with van der Waals surface area (Å²) >= 11 is 0. The van der Waals surface area contributed by atoms with E-state index in [2.05, 4.69) is 20.7 Å². The third-order valence-electron chi connectivity index (χ3n) is 1.81. The molecule has 0 radical (unpaired) electrons.